The van der Waals surface area contributed by atoms with Crippen LogP contribution in [0.4, 0.5) is 0 Å². The Labute approximate surface area is 544 Å². The molecule has 0 bridgehead atoms. The molecule has 0 spiro atoms. The van der Waals surface area contributed by atoms with E-state index in [4.69, 9.17) is 18.9 Å². The second-order valence-electron chi connectivity index (χ2n) is 23.0. The van der Waals surface area contributed by atoms with Crippen molar-refractivity contribution < 1.29 is 42.9 Å². The number of likely N-dealkylation sites (N-methyl/N-ethyl adjacent to an activating group) is 1. The number of carbonyl (C=O) groups is 3. The van der Waals surface area contributed by atoms with Crippen molar-refractivity contribution in [3.63, 3.8) is 0 Å². The number of aliphatic carboxylic acids is 1. The van der Waals surface area contributed by atoms with Gasteiger partial charge in [0.1, 0.15) is 13.2 Å². The molecule has 0 radical (unpaired) electrons. The van der Waals surface area contributed by atoms with Gasteiger partial charge >= 0.3 is 17.9 Å². The highest BCUT2D eigenvalue weighted by Crippen LogP contribution is 2.14. The molecule has 2 atom stereocenters. The summed E-state index contributed by atoms with van der Waals surface area (Å²) in [6.45, 7) is 4.57. The first-order valence-electron chi connectivity index (χ1n) is 34.2. The minimum atomic E-state index is -1.53. The van der Waals surface area contributed by atoms with E-state index in [1.807, 2.05) is 21.1 Å². The molecule has 0 aliphatic carbocycles. The molecule has 0 amide bonds. The topological polar surface area (TPSA) is 108 Å². The third kappa shape index (κ3) is 69.2. The van der Waals surface area contributed by atoms with E-state index in [2.05, 4.69) is 220 Å². The summed E-state index contributed by atoms with van der Waals surface area (Å²) < 4.78 is 22.9. The summed E-state index contributed by atoms with van der Waals surface area (Å²) in [7, 11) is 5.94. The SMILES string of the molecule is CC/C=C\C/C=C\C/C=C\C/C=C\C/C=C\C/C=C\C/C=C\C/C=C\C/C=C\C/C=C\C/C=C\CCCCCCCCCC(=O)OC(COC(=O)CCCCCC/C=C\C/C=C\C/C=C\C/C=C\C/C=C\C/C=C\CC)COC(OCC[N+](C)(C)C)C(=O)O. The van der Waals surface area contributed by atoms with Crippen LogP contribution in [0.2, 0.25) is 0 Å². The van der Waals surface area contributed by atoms with Crippen LogP contribution < -0.4 is 0 Å². The van der Waals surface area contributed by atoms with Gasteiger partial charge in [0.15, 0.2) is 6.10 Å². The van der Waals surface area contributed by atoms with Crippen LogP contribution in [-0.2, 0) is 33.3 Å². The maximum absolute atomic E-state index is 12.9. The summed E-state index contributed by atoms with van der Waals surface area (Å²) in [5.74, 6) is -2.08. The molecule has 0 rings (SSSR count). The highest BCUT2D eigenvalue weighted by Gasteiger charge is 2.25. The van der Waals surface area contributed by atoms with Crippen molar-refractivity contribution in [3.8, 4) is 0 Å². The van der Waals surface area contributed by atoms with Crippen molar-refractivity contribution in [1.82, 2.24) is 0 Å². The van der Waals surface area contributed by atoms with Crippen molar-refractivity contribution in [3.05, 3.63) is 207 Å². The van der Waals surface area contributed by atoms with E-state index in [0.29, 0.717) is 23.9 Å². The van der Waals surface area contributed by atoms with Crippen molar-refractivity contribution in [2.24, 2.45) is 0 Å². The molecule has 0 fully saturated rings. The molecule has 0 aliphatic heterocycles. The van der Waals surface area contributed by atoms with Gasteiger partial charge in [0.2, 0.25) is 0 Å². The molecule has 9 heteroatoms. The molecule has 2 unspecified atom stereocenters. The molecule has 1 N–H and O–H groups in total. The Hall–Kier alpha value is -6.13. The molecule has 0 aromatic rings. The standard InChI is InChI=1S/C80H123NO8/c1-6-8-10-12-14-16-18-20-22-24-26-28-30-31-32-33-34-35-36-37-38-39-40-41-42-43-44-45-46-47-49-51-53-55-57-59-61-63-65-67-69-71-78(83)89-76(75-88-80(79(84)85)86-73-72-81(3,4)5)74-87-77(82)70-68-66-64-62-60-58-56-54-52-50-48-29-27-25-23-21-19-17-15-13-11-9-7-2/h8-11,14-17,20-23,26-29,31-32,34-35,37-38,40-41,43-44,46-47,50-53,56,58,76,80H,6-7,12-13,18-19,24-25,30,33,36,39,42,45,48-49,54-55,57,59-75H2,1-5H3/p+1/b10-8-,11-9-,16-14-,17-15-,22-20-,23-21-,28-26-,29-27-,32-31-,35-34-,38-37-,41-40-,44-43-,47-46-,52-50-,53-51-,58-56-. The summed E-state index contributed by atoms with van der Waals surface area (Å²) in [5, 5.41) is 9.74. The third-order valence-electron chi connectivity index (χ3n) is 13.5. The average Bonchev–Trinajstić information content (AvgIpc) is 3.64. The number of unbranched alkanes of at least 4 members (excludes halogenated alkanes) is 11. The fourth-order valence-electron chi connectivity index (χ4n) is 8.37. The number of nitrogens with zero attached hydrogens (tertiary/aromatic N) is 1. The Balaban J connectivity index is 4.27. The van der Waals surface area contributed by atoms with Gasteiger partial charge in [-0.1, -0.05) is 265 Å². The van der Waals surface area contributed by atoms with E-state index in [-0.39, 0.29) is 38.6 Å². The minimum Gasteiger partial charge on any atom is -0.477 e. The van der Waals surface area contributed by atoms with Crippen molar-refractivity contribution >= 4 is 17.9 Å². The quantitative estimate of drug-likeness (QED) is 0.0211. The fourth-order valence-corrected chi connectivity index (χ4v) is 8.37. The van der Waals surface area contributed by atoms with E-state index in [0.717, 1.165) is 167 Å². The van der Waals surface area contributed by atoms with Crippen LogP contribution >= 0.6 is 0 Å². The van der Waals surface area contributed by atoms with E-state index in [9.17, 15) is 19.5 Å². The first kappa shape index (κ1) is 82.9. The number of carbonyl (C=O) groups excluding carboxylic acids is 2. The van der Waals surface area contributed by atoms with E-state index in [1.165, 1.54) is 12.8 Å². The number of allylic oxidation sites excluding steroid dienone is 34. The summed E-state index contributed by atoms with van der Waals surface area (Å²) in [6.07, 6.45) is 104. The number of ether oxygens (including phenoxy) is 4. The predicted molar refractivity (Wildman–Crippen MR) is 382 cm³/mol. The molecule has 0 saturated carbocycles. The van der Waals surface area contributed by atoms with Gasteiger partial charge in [-0.15, -0.1) is 0 Å². The number of hydrogen-bond acceptors (Lipinski definition) is 7. The first-order valence-corrected chi connectivity index (χ1v) is 34.2. The lowest BCUT2D eigenvalue weighted by molar-refractivity contribution is -0.870. The second kappa shape index (κ2) is 67.8. The van der Waals surface area contributed by atoms with Crippen LogP contribution in [-0.4, -0.2) is 87.4 Å². The Morgan fingerprint density at radius 3 is 0.899 bits per heavy atom. The van der Waals surface area contributed by atoms with Gasteiger partial charge in [-0.05, 0) is 148 Å². The Morgan fingerprint density at radius 1 is 0.337 bits per heavy atom. The minimum absolute atomic E-state index is 0.169. The third-order valence-corrected chi connectivity index (χ3v) is 13.5. The highest BCUT2D eigenvalue weighted by molar-refractivity contribution is 5.71. The van der Waals surface area contributed by atoms with Crippen molar-refractivity contribution in [2.75, 3.05) is 47.5 Å². The largest absolute Gasteiger partial charge is 0.477 e. The van der Waals surface area contributed by atoms with Crippen LogP contribution in [0.3, 0.4) is 0 Å². The number of rotatable bonds is 60. The van der Waals surface area contributed by atoms with Crippen LogP contribution in [0.5, 0.6) is 0 Å². The zero-order valence-electron chi connectivity index (χ0n) is 56.5. The van der Waals surface area contributed by atoms with Gasteiger partial charge in [0.25, 0.3) is 6.29 Å². The van der Waals surface area contributed by atoms with Crippen LogP contribution in [0, 0.1) is 0 Å². The molecule has 9 nitrogen and oxygen atoms in total. The average molecular weight is 1230 g/mol. The molecule has 0 aliphatic rings. The van der Waals surface area contributed by atoms with Gasteiger partial charge in [-0.2, -0.15) is 0 Å². The van der Waals surface area contributed by atoms with Gasteiger partial charge in [-0.3, -0.25) is 9.59 Å². The molecule has 89 heavy (non-hydrogen) atoms. The van der Waals surface area contributed by atoms with Gasteiger partial charge in [0.05, 0.1) is 34.4 Å². The second-order valence-corrected chi connectivity index (χ2v) is 23.0. The summed E-state index contributed by atoms with van der Waals surface area (Å²) in [4.78, 5) is 37.6. The zero-order valence-corrected chi connectivity index (χ0v) is 56.5. The predicted octanol–water partition coefficient (Wildman–Crippen LogP) is 21.6. The molecular weight excluding hydrogens is 1100 g/mol. The molecule has 0 saturated heterocycles. The van der Waals surface area contributed by atoms with E-state index in [1.54, 1.807) is 0 Å². The Kier molecular flexibility index (Phi) is 63.1. The van der Waals surface area contributed by atoms with Crippen molar-refractivity contribution in [1.29, 1.82) is 0 Å². The lowest BCUT2D eigenvalue weighted by atomic mass is 10.1. The lowest BCUT2D eigenvalue weighted by Crippen LogP contribution is -2.40. The molecule has 0 aromatic heterocycles. The smallest absolute Gasteiger partial charge is 0.361 e. The maximum atomic E-state index is 12.9. The first-order chi connectivity index (χ1) is 43.6. The van der Waals surface area contributed by atoms with Crippen LogP contribution in [0.25, 0.3) is 0 Å². The molecule has 0 aromatic carbocycles. The number of carboxylic acids is 1. The number of carboxylic acid groups (broad SMARTS) is 1. The highest BCUT2D eigenvalue weighted by atomic mass is 16.7. The number of quaternary nitrogens is 1. The van der Waals surface area contributed by atoms with Gasteiger partial charge in [0, 0.05) is 12.8 Å². The summed E-state index contributed by atoms with van der Waals surface area (Å²) in [5.41, 5.74) is 0. The van der Waals surface area contributed by atoms with Crippen molar-refractivity contribution in [2.45, 2.75) is 232 Å². The molecule has 0 heterocycles. The monoisotopic (exact) mass is 1230 g/mol. The summed E-state index contributed by atoms with van der Waals surface area (Å²) >= 11 is 0. The number of hydrogen-bond donors (Lipinski definition) is 1. The lowest BCUT2D eigenvalue weighted by Gasteiger charge is -2.25. The Morgan fingerprint density at radius 2 is 0.607 bits per heavy atom. The van der Waals surface area contributed by atoms with Gasteiger partial charge < -0.3 is 28.5 Å². The summed E-state index contributed by atoms with van der Waals surface area (Å²) in [6, 6.07) is 0. The van der Waals surface area contributed by atoms with Crippen LogP contribution in [0.1, 0.15) is 219 Å². The fraction of sp³-hybridized carbons (Fsp3) is 0.537. The normalized spacial score (nSPS) is 14.0. The maximum Gasteiger partial charge on any atom is 0.361 e. The van der Waals surface area contributed by atoms with Crippen LogP contribution in [0.15, 0.2) is 207 Å². The molecular formula is C80H124NO8+. The van der Waals surface area contributed by atoms with E-state index >= 15 is 0 Å². The molecule has 496 valence electrons. The van der Waals surface area contributed by atoms with Gasteiger partial charge in [-0.25, -0.2) is 4.79 Å². The number of esters is 2. The van der Waals surface area contributed by atoms with E-state index < -0.39 is 24.3 Å². The Bertz CT molecular complexity index is 2210. The zero-order chi connectivity index (χ0) is 64.7.